The van der Waals surface area contributed by atoms with Crippen LogP contribution < -0.4 is 0 Å². The molecule has 0 aromatic heterocycles. The third-order valence-corrected chi connectivity index (χ3v) is 3.86. The van der Waals surface area contributed by atoms with Crippen LogP contribution in [-0.2, 0) is 0 Å². The minimum absolute atomic E-state index is 0.506. The van der Waals surface area contributed by atoms with Crippen molar-refractivity contribution in [2.75, 3.05) is 6.54 Å². The van der Waals surface area contributed by atoms with Crippen molar-refractivity contribution >= 4 is 6.34 Å². The summed E-state index contributed by atoms with van der Waals surface area (Å²) in [6.07, 6.45) is 11.9. The highest BCUT2D eigenvalue weighted by Crippen LogP contribution is 2.41. The molecule has 1 heterocycles. The molecular formula is C13H18N2. The number of aliphatic imine (C=N–C) groups is 1. The molecule has 1 saturated carbocycles. The molecule has 0 aromatic carbocycles. The molecule has 0 aromatic rings. The third kappa shape index (κ3) is 1.35. The van der Waals surface area contributed by atoms with Gasteiger partial charge in [-0.2, -0.15) is 0 Å². The summed E-state index contributed by atoms with van der Waals surface area (Å²) >= 11 is 0. The van der Waals surface area contributed by atoms with E-state index in [1.807, 2.05) is 6.34 Å². The van der Waals surface area contributed by atoms with Crippen LogP contribution in [0.15, 0.2) is 28.4 Å². The molecule has 3 aliphatic rings. The topological polar surface area (TPSA) is 15.6 Å². The molecule has 3 rings (SSSR count). The van der Waals surface area contributed by atoms with Crippen LogP contribution in [0.2, 0.25) is 0 Å². The molecule has 0 radical (unpaired) electrons. The molecule has 2 atom stereocenters. The average molecular weight is 202 g/mol. The Morgan fingerprint density at radius 1 is 1.47 bits per heavy atom. The van der Waals surface area contributed by atoms with Crippen LogP contribution in [0, 0.1) is 5.92 Å². The predicted molar refractivity (Wildman–Crippen MR) is 62.8 cm³/mol. The van der Waals surface area contributed by atoms with Gasteiger partial charge >= 0.3 is 0 Å². The number of allylic oxidation sites excluding steroid dienone is 2. The van der Waals surface area contributed by atoms with Crippen LogP contribution in [-0.4, -0.2) is 23.8 Å². The zero-order valence-electron chi connectivity index (χ0n) is 9.32. The van der Waals surface area contributed by atoms with Crippen molar-refractivity contribution in [3.8, 4) is 0 Å². The fourth-order valence-electron chi connectivity index (χ4n) is 3.10. The SMILES string of the molecule is CCN1C=NC2CCCC3CC=CC1=C32. The lowest BCUT2D eigenvalue weighted by Crippen LogP contribution is -2.35. The fraction of sp³-hybridized carbons (Fsp3) is 0.615. The van der Waals surface area contributed by atoms with Crippen LogP contribution in [0.5, 0.6) is 0 Å². The Kier molecular flexibility index (Phi) is 2.15. The Morgan fingerprint density at radius 3 is 3.27 bits per heavy atom. The van der Waals surface area contributed by atoms with Gasteiger partial charge in [-0.05, 0) is 43.8 Å². The Balaban J connectivity index is 2.03. The van der Waals surface area contributed by atoms with Crippen molar-refractivity contribution in [1.82, 2.24) is 4.90 Å². The van der Waals surface area contributed by atoms with Gasteiger partial charge in [0.15, 0.2) is 0 Å². The van der Waals surface area contributed by atoms with E-state index in [0.717, 1.165) is 12.5 Å². The fourth-order valence-corrected chi connectivity index (χ4v) is 3.10. The molecule has 0 amide bonds. The molecular weight excluding hydrogens is 184 g/mol. The lowest BCUT2D eigenvalue weighted by atomic mass is 9.75. The quantitative estimate of drug-likeness (QED) is 0.638. The van der Waals surface area contributed by atoms with E-state index in [1.54, 1.807) is 5.57 Å². The van der Waals surface area contributed by atoms with Crippen molar-refractivity contribution in [3.05, 3.63) is 23.4 Å². The third-order valence-electron chi connectivity index (χ3n) is 3.86. The van der Waals surface area contributed by atoms with Crippen LogP contribution in [0.1, 0.15) is 32.6 Å². The van der Waals surface area contributed by atoms with Crippen molar-refractivity contribution in [1.29, 1.82) is 0 Å². The summed E-state index contributed by atoms with van der Waals surface area (Å²) in [6.45, 7) is 3.23. The molecule has 2 aliphatic carbocycles. The Morgan fingerprint density at radius 2 is 2.40 bits per heavy atom. The summed E-state index contributed by atoms with van der Waals surface area (Å²) in [7, 11) is 0. The number of hydrogen-bond acceptors (Lipinski definition) is 2. The first-order chi connectivity index (χ1) is 7.40. The molecule has 15 heavy (non-hydrogen) atoms. The normalized spacial score (nSPS) is 33.3. The van der Waals surface area contributed by atoms with Gasteiger partial charge < -0.3 is 4.90 Å². The second-order valence-electron chi connectivity index (χ2n) is 4.67. The van der Waals surface area contributed by atoms with E-state index in [0.29, 0.717) is 6.04 Å². The van der Waals surface area contributed by atoms with E-state index in [1.165, 1.54) is 31.4 Å². The maximum Gasteiger partial charge on any atom is 0.0901 e. The highest BCUT2D eigenvalue weighted by Gasteiger charge is 2.33. The van der Waals surface area contributed by atoms with Crippen molar-refractivity contribution in [3.63, 3.8) is 0 Å². The standard InChI is InChI=1S/C13H18N2/c1-2-15-9-14-11-7-3-5-10-6-4-8-12(15)13(10)11/h4,8-11H,2-3,5-7H2,1H3. The zero-order chi connectivity index (χ0) is 10.3. The Hall–Kier alpha value is -1.05. The molecule has 0 N–H and O–H groups in total. The van der Waals surface area contributed by atoms with E-state index >= 15 is 0 Å². The van der Waals surface area contributed by atoms with Crippen LogP contribution in [0.3, 0.4) is 0 Å². The first kappa shape index (κ1) is 9.20. The van der Waals surface area contributed by atoms with Gasteiger partial charge in [-0.25, -0.2) is 0 Å². The first-order valence-electron chi connectivity index (χ1n) is 6.10. The van der Waals surface area contributed by atoms with Gasteiger partial charge in [-0.3, -0.25) is 4.99 Å². The summed E-state index contributed by atoms with van der Waals surface area (Å²) in [6, 6.07) is 0.506. The highest BCUT2D eigenvalue weighted by molar-refractivity contribution is 5.64. The van der Waals surface area contributed by atoms with Gasteiger partial charge in [0, 0.05) is 12.2 Å². The molecule has 2 unspecified atom stereocenters. The Labute approximate surface area is 91.4 Å². The maximum atomic E-state index is 4.70. The molecule has 0 spiro atoms. The molecule has 2 nitrogen and oxygen atoms in total. The number of likely N-dealkylation sites (N-methyl/N-ethyl adjacent to an activating group) is 1. The minimum Gasteiger partial charge on any atom is -0.333 e. The van der Waals surface area contributed by atoms with Gasteiger partial charge in [0.1, 0.15) is 0 Å². The van der Waals surface area contributed by atoms with Crippen LogP contribution in [0.4, 0.5) is 0 Å². The van der Waals surface area contributed by atoms with Gasteiger partial charge in [-0.1, -0.05) is 12.5 Å². The monoisotopic (exact) mass is 202 g/mol. The number of rotatable bonds is 1. The second-order valence-corrected chi connectivity index (χ2v) is 4.67. The molecule has 80 valence electrons. The van der Waals surface area contributed by atoms with E-state index in [9.17, 15) is 0 Å². The molecule has 2 heteroatoms. The maximum absolute atomic E-state index is 4.70. The van der Waals surface area contributed by atoms with E-state index in [4.69, 9.17) is 4.99 Å². The number of nitrogens with zero attached hydrogens (tertiary/aromatic N) is 2. The van der Waals surface area contributed by atoms with Crippen molar-refractivity contribution < 1.29 is 0 Å². The van der Waals surface area contributed by atoms with Gasteiger partial charge in [0.2, 0.25) is 0 Å². The lowest BCUT2D eigenvalue weighted by Gasteiger charge is -2.39. The van der Waals surface area contributed by atoms with E-state index < -0.39 is 0 Å². The largest absolute Gasteiger partial charge is 0.333 e. The van der Waals surface area contributed by atoms with Crippen LogP contribution in [0.25, 0.3) is 0 Å². The zero-order valence-corrected chi connectivity index (χ0v) is 9.32. The van der Waals surface area contributed by atoms with Crippen LogP contribution >= 0.6 is 0 Å². The summed E-state index contributed by atoms with van der Waals surface area (Å²) in [5, 5.41) is 0. The summed E-state index contributed by atoms with van der Waals surface area (Å²) < 4.78 is 0. The smallest absolute Gasteiger partial charge is 0.0901 e. The second kappa shape index (κ2) is 3.51. The van der Waals surface area contributed by atoms with Gasteiger partial charge in [0.05, 0.1) is 12.4 Å². The number of hydrogen-bond donors (Lipinski definition) is 0. The summed E-state index contributed by atoms with van der Waals surface area (Å²) in [5.74, 6) is 0.787. The Bertz CT molecular complexity index is 352. The van der Waals surface area contributed by atoms with E-state index in [-0.39, 0.29) is 0 Å². The summed E-state index contributed by atoms with van der Waals surface area (Å²) in [4.78, 5) is 6.99. The average Bonchev–Trinajstić information content (AvgIpc) is 2.30. The molecule has 0 bridgehead atoms. The molecule has 0 saturated heterocycles. The first-order valence-corrected chi connectivity index (χ1v) is 6.10. The highest BCUT2D eigenvalue weighted by atomic mass is 15.2. The molecule has 1 aliphatic heterocycles. The van der Waals surface area contributed by atoms with Gasteiger partial charge in [-0.15, -0.1) is 0 Å². The van der Waals surface area contributed by atoms with Crippen molar-refractivity contribution in [2.45, 2.75) is 38.6 Å². The minimum atomic E-state index is 0.506. The van der Waals surface area contributed by atoms with Crippen molar-refractivity contribution in [2.24, 2.45) is 10.9 Å². The lowest BCUT2D eigenvalue weighted by molar-refractivity contribution is 0.383. The predicted octanol–water partition coefficient (Wildman–Crippen LogP) is 2.73. The van der Waals surface area contributed by atoms with E-state index in [2.05, 4.69) is 24.0 Å². The summed E-state index contributed by atoms with van der Waals surface area (Å²) in [5.41, 5.74) is 3.08. The van der Waals surface area contributed by atoms with Gasteiger partial charge in [0.25, 0.3) is 0 Å². The molecule has 1 fully saturated rings.